The Bertz CT molecular complexity index is 548. The normalized spacial score (nSPS) is 19.1. The van der Waals surface area contributed by atoms with Crippen LogP contribution in [-0.4, -0.2) is 23.2 Å². The van der Waals surface area contributed by atoms with E-state index < -0.39 is 5.92 Å². The molecule has 7 heteroatoms. The molecule has 19 heavy (non-hydrogen) atoms. The van der Waals surface area contributed by atoms with Crippen LogP contribution in [0.5, 0.6) is 0 Å². The Kier molecular flexibility index (Phi) is 4.06. The second-order valence-corrected chi connectivity index (χ2v) is 5.14. The Morgan fingerprint density at radius 1 is 1.63 bits per heavy atom. The zero-order valence-corrected chi connectivity index (χ0v) is 11.5. The zero-order valence-electron chi connectivity index (χ0n) is 10.6. The number of amides is 2. The van der Waals surface area contributed by atoms with E-state index >= 15 is 0 Å². The van der Waals surface area contributed by atoms with E-state index in [1.807, 2.05) is 24.4 Å². The topological polar surface area (TPSA) is 82.9 Å². The second-order valence-electron chi connectivity index (χ2n) is 4.20. The molecule has 1 aliphatic rings. The molecule has 2 rings (SSSR count). The summed E-state index contributed by atoms with van der Waals surface area (Å²) in [6.45, 7) is 3.54. The van der Waals surface area contributed by atoms with Gasteiger partial charge < -0.3 is 0 Å². The highest BCUT2D eigenvalue weighted by atomic mass is 32.1. The third-order valence-corrected chi connectivity index (χ3v) is 3.76. The molecule has 2 N–H and O–H groups in total. The summed E-state index contributed by atoms with van der Waals surface area (Å²) in [5, 5.41) is 9.75. The fourth-order valence-corrected chi connectivity index (χ4v) is 2.32. The molecule has 0 aliphatic carbocycles. The maximum atomic E-state index is 11.7. The lowest BCUT2D eigenvalue weighted by Gasteiger charge is -2.06. The van der Waals surface area contributed by atoms with Gasteiger partial charge in [-0.05, 0) is 25.3 Å². The number of hydrazone groups is 2. The van der Waals surface area contributed by atoms with Crippen LogP contribution < -0.4 is 10.9 Å². The molecule has 1 aromatic rings. The van der Waals surface area contributed by atoms with Gasteiger partial charge in [0.05, 0.1) is 11.6 Å². The maximum Gasteiger partial charge on any atom is 0.249 e. The van der Waals surface area contributed by atoms with Crippen LogP contribution in [0.4, 0.5) is 0 Å². The lowest BCUT2D eigenvalue weighted by molar-refractivity contribution is -0.127. The predicted molar refractivity (Wildman–Crippen MR) is 74.0 cm³/mol. The molecule has 0 spiro atoms. The van der Waals surface area contributed by atoms with Crippen molar-refractivity contribution in [3.05, 3.63) is 22.4 Å². The summed E-state index contributed by atoms with van der Waals surface area (Å²) in [6.07, 6.45) is 0.0579. The van der Waals surface area contributed by atoms with Gasteiger partial charge in [0.2, 0.25) is 11.8 Å². The van der Waals surface area contributed by atoms with E-state index in [2.05, 4.69) is 21.1 Å². The summed E-state index contributed by atoms with van der Waals surface area (Å²) in [5.74, 6) is -1.03. The SMILES string of the molecule is CC(=NNC(=O)CC1C(=O)NN=C1C)c1cccs1. The Morgan fingerprint density at radius 2 is 2.42 bits per heavy atom. The quantitative estimate of drug-likeness (QED) is 0.638. The van der Waals surface area contributed by atoms with E-state index in [1.165, 1.54) is 0 Å². The summed E-state index contributed by atoms with van der Waals surface area (Å²) in [6, 6.07) is 3.85. The third kappa shape index (κ3) is 3.25. The summed E-state index contributed by atoms with van der Waals surface area (Å²) in [4.78, 5) is 24.1. The van der Waals surface area contributed by atoms with Gasteiger partial charge in [0.15, 0.2) is 0 Å². The Morgan fingerprint density at radius 3 is 3.00 bits per heavy atom. The van der Waals surface area contributed by atoms with Crippen LogP contribution in [0.3, 0.4) is 0 Å². The van der Waals surface area contributed by atoms with Crippen molar-refractivity contribution >= 4 is 34.6 Å². The number of nitrogens with zero attached hydrogens (tertiary/aromatic N) is 2. The van der Waals surface area contributed by atoms with Crippen LogP contribution in [0.2, 0.25) is 0 Å². The third-order valence-electron chi connectivity index (χ3n) is 2.78. The van der Waals surface area contributed by atoms with Gasteiger partial charge >= 0.3 is 0 Å². The fraction of sp³-hybridized carbons (Fsp3) is 0.333. The van der Waals surface area contributed by atoms with E-state index in [9.17, 15) is 9.59 Å². The molecule has 1 unspecified atom stereocenters. The molecule has 0 saturated heterocycles. The molecule has 0 fully saturated rings. The summed E-state index contributed by atoms with van der Waals surface area (Å²) < 4.78 is 0. The molecule has 2 amide bonds. The van der Waals surface area contributed by atoms with Crippen molar-refractivity contribution in [2.24, 2.45) is 16.1 Å². The Balaban J connectivity index is 1.90. The molecule has 6 nitrogen and oxygen atoms in total. The standard InChI is InChI=1S/C12H14N4O2S/c1-7-9(12(18)16-13-7)6-11(17)15-14-8(2)10-4-3-5-19-10/h3-5,9H,6H2,1-2H3,(H,15,17)(H,16,18). The molecule has 0 radical (unpaired) electrons. The lowest BCUT2D eigenvalue weighted by atomic mass is 10.0. The molecule has 1 aromatic heterocycles. The van der Waals surface area contributed by atoms with Crippen LogP contribution in [0.25, 0.3) is 0 Å². The van der Waals surface area contributed by atoms with Gasteiger partial charge in [-0.2, -0.15) is 10.2 Å². The van der Waals surface area contributed by atoms with Gasteiger partial charge in [0.25, 0.3) is 0 Å². The average molecular weight is 278 g/mol. The second kappa shape index (κ2) is 5.75. The van der Waals surface area contributed by atoms with Gasteiger partial charge in [-0.1, -0.05) is 6.07 Å². The maximum absolute atomic E-state index is 11.7. The molecule has 0 bridgehead atoms. The molecule has 0 aromatic carbocycles. The molecule has 100 valence electrons. The molecule has 1 atom stereocenters. The van der Waals surface area contributed by atoms with E-state index in [0.717, 1.165) is 10.6 Å². The number of rotatable bonds is 4. The van der Waals surface area contributed by atoms with E-state index in [0.29, 0.717) is 5.71 Å². The number of carbonyl (C=O) groups is 2. The highest BCUT2D eigenvalue weighted by Gasteiger charge is 2.29. The Labute approximate surface area is 114 Å². The van der Waals surface area contributed by atoms with E-state index in [-0.39, 0.29) is 18.2 Å². The Hall–Kier alpha value is -2.02. The van der Waals surface area contributed by atoms with Crippen molar-refractivity contribution in [2.75, 3.05) is 0 Å². The number of carbonyl (C=O) groups excluding carboxylic acids is 2. The molecular weight excluding hydrogens is 264 g/mol. The minimum absolute atomic E-state index is 0.0579. The smallest absolute Gasteiger partial charge is 0.249 e. The zero-order chi connectivity index (χ0) is 13.8. The molecule has 1 aliphatic heterocycles. The van der Waals surface area contributed by atoms with Crippen molar-refractivity contribution in [1.29, 1.82) is 0 Å². The summed E-state index contributed by atoms with van der Waals surface area (Å²) >= 11 is 1.55. The minimum atomic E-state index is -0.489. The molecule has 0 saturated carbocycles. The van der Waals surface area contributed by atoms with Gasteiger partial charge in [-0.25, -0.2) is 10.9 Å². The van der Waals surface area contributed by atoms with E-state index in [4.69, 9.17) is 0 Å². The first kappa shape index (κ1) is 13.4. The first-order valence-electron chi connectivity index (χ1n) is 5.79. The summed E-state index contributed by atoms with van der Waals surface area (Å²) in [5.41, 5.74) is 6.17. The van der Waals surface area contributed by atoms with Crippen LogP contribution >= 0.6 is 11.3 Å². The largest absolute Gasteiger partial charge is 0.273 e. The van der Waals surface area contributed by atoms with Gasteiger partial charge in [0, 0.05) is 17.0 Å². The lowest BCUT2D eigenvalue weighted by Crippen LogP contribution is -2.29. The first-order chi connectivity index (χ1) is 9.08. The van der Waals surface area contributed by atoms with Crippen LogP contribution in [-0.2, 0) is 9.59 Å². The van der Waals surface area contributed by atoms with E-state index in [1.54, 1.807) is 18.3 Å². The van der Waals surface area contributed by atoms with Gasteiger partial charge in [-0.3, -0.25) is 9.59 Å². The summed E-state index contributed by atoms with van der Waals surface area (Å²) in [7, 11) is 0. The minimum Gasteiger partial charge on any atom is -0.273 e. The van der Waals surface area contributed by atoms with Crippen molar-refractivity contribution in [3.8, 4) is 0 Å². The number of hydrogen-bond donors (Lipinski definition) is 2. The van der Waals surface area contributed by atoms with Gasteiger partial charge in [0.1, 0.15) is 0 Å². The van der Waals surface area contributed by atoms with Crippen LogP contribution in [0.1, 0.15) is 25.1 Å². The molecule has 2 heterocycles. The number of thiophene rings is 1. The number of hydrogen-bond acceptors (Lipinski definition) is 5. The monoisotopic (exact) mass is 278 g/mol. The fourth-order valence-electron chi connectivity index (χ4n) is 1.65. The average Bonchev–Trinajstić information content (AvgIpc) is 3.01. The predicted octanol–water partition coefficient (Wildman–Crippen LogP) is 1.10. The number of nitrogens with one attached hydrogen (secondary N) is 2. The molecular formula is C12H14N4O2S. The van der Waals surface area contributed by atoms with Crippen LogP contribution in [0, 0.1) is 5.92 Å². The van der Waals surface area contributed by atoms with Crippen molar-refractivity contribution in [2.45, 2.75) is 20.3 Å². The van der Waals surface area contributed by atoms with Crippen molar-refractivity contribution < 1.29 is 9.59 Å². The van der Waals surface area contributed by atoms with Crippen LogP contribution in [0.15, 0.2) is 27.7 Å². The highest BCUT2D eigenvalue weighted by molar-refractivity contribution is 7.12. The first-order valence-corrected chi connectivity index (χ1v) is 6.67. The van der Waals surface area contributed by atoms with Gasteiger partial charge in [-0.15, -0.1) is 11.3 Å². The van der Waals surface area contributed by atoms with Crippen molar-refractivity contribution in [1.82, 2.24) is 10.9 Å². The highest BCUT2D eigenvalue weighted by Crippen LogP contribution is 2.12. The van der Waals surface area contributed by atoms with Crippen molar-refractivity contribution in [3.63, 3.8) is 0 Å².